The van der Waals surface area contributed by atoms with Crippen molar-refractivity contribution in [2.45, 2.75) is 13.0 Å². The summed E-state index contributed by atoms with van der Waals surface area (Å²) in [5.74, 6) is -0.0297. The summed E-state index contributed by atoms with van der Waals surface area (Å²) in [5, 5.41) is 0. The molecule has 1 aliphatic rings. The van der Waals surface area contributed by atoms with Gasteiger partial charge in [-0.05, 0) is 17.2 Å². The van der Waals surface area contributed by atoms with E-state index in [1.54, 1.807) is 11.0 Å². The summed E-state index contributed by atoms with van der Waals surface area (Å²) >= 11 is 0. The van der Waals surface area contributed by atoms with Gasteiger partial charge in [-0.1, -0.05) is 72.8 Å². The summed E-state index contributed by atoms with van der Waals surface area (Å²) in [6, 6.07) is 21.8. The van der Waals surface area contributed by atoms with Crippen LogP contribution in [-0.4, -0.2) is 65.8 Å². The fourth-order valence-corrected chi connectivity index (χ4v) is 4.10. The van der Waals surface area contributed by atoms with Crippen LogP contribution in [0.3, 0.4) is 0 Å². The number of hydrogen-bond donors (Lipinski definition) is 0. The van der Waals surface area contributed by atoms with Crippen LogP contribution in [-0.2, 0) is 11.3 Å². The summed E-state index contributed by atoms with van der Waals surface area (Å²) in [5.41, 5.74) is 2.73. The molecule has 0 saturated carbocycles. The second-order valence-electron chi connectivity index (χ2n) is 8.47. The molecular formula is C28H31N3O3. The van der Waals surface area contributed by atoms with Crippen LogP contribution in [0.1, 0.15) is 27.9 Å². The number of hydrogen-bond acceptors (Lipinski definition) is 4. The average Bonchev–Trinajstić information content (AvgIpc) is 3.43. The molecule has 0 atom stereocenters. The number of furan rings is 1. The highest BCUT2D eigenvalue weighted by Crippen LogP contribution is 2.13. The maximum absolute atomic E-state index is 13.0. The highest BCUT2D eigenvalue weighted by Gasteiger charge is 2.23. The van der Waals surface area contributed by atoms with E-state index in [4.69, 9.17) is 4.42 Å². The third kappa shape index (κ3) is 6.68. The van der Waals surface area contributed by atoms with Gasteiger partial charge in [0.25, 0.3) is 5.91 Å². The Labute approximate surface area is 201 Å². The molecule has 6 heteroatoms. The Bertz CT molecular complexity index is 1060. The minimum absolute atomic E-state index is 0.0949. The third-order valence-electron chi connectivity index (χ3n) is 6.07. The highest BCUT2D eigenvalue weighted by atomic mass is 16.3. The van der Waals surface area contributed by atoms with Gasteiger partial charge in [-0.3, -0.25) is 14.5 Å². The molecule has 4 rings (SSSR count). The maximum Gasteiger partial charge on any atom is 0.257 e. The highest BCUT2D eigenvalue weighted by molar-refractivity contribution is 5.94. The van der Waals surface area contributed by atoms with E-state index in [1.165, 1.54) is 18.1 Å². The molecule has 2 aromatic carbocycles. The number of nitrogens with zero attached hydrogens (tertiary/aromatic N) is 3. The predicted molar refractivity (Wildman–Crippen MR) is 133 cm³/mol. The van der Waals surface area contributed by atoms with E-state index in [2.05, 4.69) is 29.2 Å². The molecule has 6 nitrogen and oxygen atoms in total. The first-order valence-electron chi connectivity index (χ1n) is 11.8. The molecule has 3 aromatic rings. The van der Waals surface area contributed by atoms with Crippen molar-refractivity contribution in [2.75, 3.05) is 39.3 Å². The number of benzene rings is 2. The lowest BCUT2D eigenvalue weighted by Gasteiger charge is -2.34. The van der Waals surface area contributed by atoms with Gasteiger partial charge in [0, 0.05) is 52.2 Å². The van der Waals surface area contributed by atoms with Gasteiger partial charge in [-0.25, -0.2) is 0 Å². The van der Waals surface area contributed by atoms with Crippen molar-refractivity contribution < 1.29 is 14.0 Å². The number of carbonyl (C=O) groups excluding carboxylic acids is 2. The van der Waals surface area contributed by atoms with E-state index in [0.29, 0.717) is 38.2 Å². The van der Waals surface area contributed by atoms with Crippen LogP contribution >= 0.6 is 0 Å². The molecule has 2 heterocycles. The summed E-state index contributed by atoms with van der Waals surface area (Å²) in [6.07, 6.45) is 7.57. The first-order chi connectivity index (χ1) is 16.7. The van der Waals surface area contributed by atoms with E-state index in [0.717, 1.165) is 25.2 Å². The molecule has 0 bridgehead atoms. The predicted octanol–water partition coefficient (Wildman–Crippen LogP) is 4.17. The zero-order chi connectivity index (χ0) is 23.6. The van der Waals surface area contributed by atoms with Crippen LogP contribution < -0.4 is 0 Å². The summed E-state index contributed by atoms with van der Waals surface area (Å²) in [4.78, 5) is 31.9. The molecule has 176 valence electrons. The number of rotatable bonds is 9. The Morgan fingerprint density at radius 3 is 2.29 bits per heavy atom. The van der Waals surface area contributed by atoms with Crippen molar-refractivity contribution in [1.82, 2.24) is 14.7 Å². The van der Waals surface area contributed by atoms with Gasteiger partial charge in [0.05, 0.1) is 11.8 Å². The second-order valence-corrected chi connectivity index (χ2v) is 8.47. The molecular weight excluding hydrogens is 426 g/mol. The molecule has 0 unspecified atom stereocenters. The Hall–Kier alpha value is -3.64. The van der Waals surface area contributed by atoms with Gasteiger partial charge in [0.15, 0.2) is 0 Å². The zero-order valence-electron chi connectivity index (χ0n) is 19.4. The lowest BCUT2D eigenvalue weighted by molar-refractivity contribution is -0.133. The van der Waals surface area contributed by atoms with E-state index >= 15 is 0 Å². The summed E-state index contributed by atoms with van der Waals surface area (Å²) < 4.78 is 5.09. The van der Waals surface area contributed by atoms with E-state index < -0.39 is 0 Å². The molecule has 0 aliphatic carbocycles. The minimum Gasteiger partial charge on any atom is -0.472 e. The van der Waals surface area contributed by atoms with Gasteiger partial charge in [-0.2, -0.15) is 0 Å². The van der Waals surface area contributed by atoms with Crippen LogP contribution in [0.4, 0.5) is 0 Å². The molecule has 1 aliphatic heterocycles. The van der Waals surface area contributed by atoms with Gasteiger partial charge in [-0.15, -0.1) is 0 Å². The molecule has 0 spiro atoms. The molecule has 2 amide bonds. The lowest BCUT2D eigenvalue weighted by Crippen LogP contribution is -2.49. The molecule has 1 fully saturated rings. The summed E-state index contributed by atoms with van der Waals surface area (Å²) in [6.45, 7) is 4.84. The average molecular weight is 458 g/mol. The van der Waals surface area contributed by atoms with Crippen LogP contribution in [0.5, 0.6) is 0 Å². The standard InChI is InChI=1S/C28H31N3O3/c32-27(30-19-17-29(18-20-30)15-7-12-24-8-3-1-4-9-24)13-16-31(22-25-10-5-2-6-11-25)28(33)26-14-21-34-23-26/h1-12,14,21,23H,13,15-20,22H2. The van der Waals surface area contributed by atoms with Crippen molar-refractivity contribution in [1.29, 1.82) is 0 Å². The van der Waals surface area contributed by atoms with Crippen LogP contribution in [0.15, 0.2) is 89.7 Å². The Morgan fingerprint density at radius 2 is 1.62 bits per heavy atom. The molecule has 34 heavy (non-hydrogen) atoms. The molecule has 0 radical (unpaired) electrons. The summed E-state index contributed by atoms with van der Waals surface area (Å²) in [7, 11) is 0. The Balaban J connectivity index is 1.26. The quantitative estimate of drug-likeness (QED) is 0.484. The van der Waals surface area contributed by atoms with Gasteiger partial charge >= 0.3 is 0 Å². The van der Waals surface area contributed by atoms with Crippen LogP contribution in [0.2, 0.25) is 0 Å². The number of piperazine rings is 1. The van der Waals surface area contributed by atoms with E-state index in [-0.39, 0.29) is 11.8 Å². The van der Waals surface area contributed by atoms with Gasteiger partial charge in [0.2, 0.25) is 5.91 Å². The topological polar surface area (TPSA) is 57.0 Å². The van der Waals surface area contributed by atoms with Crippen molar-refractivity contribution in [3.8, 4) is 0 Å². The second kappa shape index (κ2) is 12.0. The van der Waals surface area contributed by atoms with Crippen molar-refractivity contribution in [2.24, 2.45) is 0 Å². The van der Waals surface area contributed by atoms with Gasteiger partial charge < -0.3 is 14.2 Å². The normalized spacial score (nSPS) is 14.4. The fraction of sp³-hybridized carbons (Fsp3) is 0.286. The van der Waals surface area contributed by atoms with Gasteiger partial charge in [0.1, 0.15) is 6.26 Å². The lowest BCUT2D eigenvalue weighted by atomic mass is 10.2. The fourth-order valence-electron chi connectivity index (χ4n) is 4.10. The number of amides is 2. The van der Waals surface area contributed by atoms with Crippen LogP contribution in [0.25, 0.3) is 6.08 Å². The van der Waals surface area contributed by atoms with Crippen molar-refractivity contribution >= 4 is 17.9 Å². The Morgan fingerprint density at radius 1 is 0.912 bits per heavy atom. The largest absolute Gasteiger partial charge is 0.472 e. The Kier molecular flexibility index (Phi) is 8.30. The first kappa shape index (κ1) is 23.5. The first-order valence-corrected chi connectivity index (χ1v) is 11.8. The van der Waals surface area contributed by atoms with Crippen molar-refractivity contribution in [3.05, 3.63) is 102 Å². The smallest absolute Gasteiger partial charge is 0.257 e. The number of carbonyl (C=O) groups is 2. The zero-order valence-corrected chi connectivity index (χ0v) is 19.4. The van der Waals surface area contributed by atoms with E-state index in [9.17, 15) is 9.59 Å². The minimum atomic E-state index is -0.125. The maximum atomic E-state index is 13.0. The van der Waals surface area contributed by atoms with Crippen LogP contribution in [0, 0.1) is 0 Å². The van der Waals surface area contributed by atoms with E-state index in [1.807, 2.05) is 53.4 Å². The van der Waals surface area contributed by atoms with Crippen molar-refractivity contribution in [3.63, 3.8) is 0 Å². The molecule has 1 saturated heterocycles. The monoisotopic (exact) mass is 457 g/mol. The molecule has 1 aromatic heterocycles. The molecule has 0 N–H and O–H groups in total. The third-order valence-corrected chi connectivity index (χ3v) is 6.07. The SMILES string of the molecule is O=C(CCN(Cc1ccccc1)C(=O)c1ccoc1)N1CCN(CC=Cc2ccccc2)CC1.